The van der Waals surface area contributed by atoms with Crippen molar-refractivity contribution in [2.75, 3.05) is 13.1 Å². The topological polar surface area (TPSA) is 54.2 Å². The lowest BCUT2D eigenvalue weighted by Crippen LogP contribution is -2.53. The molecule has 1 saturated heterocycles. The maximum Gasteiger partial charge on any atom is 0.213 e. The lowest BCUT2D eigenvalue weighted by Gasteiger charge is -2.42. The van der Waals surface area contributed by atoms with Crippen molar-refractivity contribution in [1.29, 1.82) is 0 Å². The van der Waals surface area contributed by atoms with Gasteiger partial charge in [0.2, 0.25) is 6.39 Å². The third-order valence-corrected chi connectivity index (χ3v) is 4.11. The molecular weight excluding hydrogens is 228 g/mol. The van der Waals surface area contributed by atoms with Crippen LogP contribution in [0.1, 0.15) is 39.4 Å². The highest BCUT2D eigenvalue weighted by Gasteiger charge is 2.32. The summed E-state index contributed by atoms with van der Waals surface area (Å²) in [5, 5.41) is 7.55. The average molecular weight is 252 g/mol. The van der Waals surface area contributed by atoms with Crippen LogP contribution in [-0.4, -0.2) is 40.2 Å². The average Bonchev–Trinajstić information content (AvgIpc) is 2.87. The van der Waals surface area contributed by atoms with Crippen molar-refractivity contribution in [2.24, 2.45) is 5.92 Å². The Bertz CT molecular complexity index is 341. The number of nitrogens with zero attached hydrogens (tertiary/aromatic N) is 3. The van der Waals surface area contributed by atoms with Gasteiger partial charge in [-0.05, 0) is 32.2 Å². The molecule has 0 bridgehead atoms. The predicted octanol–water partition coefficient (Wildman–Crippen LogP) is 1.67. The van der Waals surface area contributed by atoms with Gasteiger partial charge in [-0.3, -0.25) is 4.90 Å². The van der Waals surface area contributed by atoms with Gasteiger partial charge in [0, 0.05) is 18.6 Å². The van der Waals surface area contributed by atoms with Gasteiger partial charge in [0.15, 0.2) is 5.82 Å². The molecule has 0 spiro atoms. The minimum absolute atomic E-state index is 0.548. The predicted molar refractivity (Wildman–Crippen MR) is 70.0 cm³/mol. The highest BCUT2D eigenvalue weighted by molar-refractivity contribution is 4.91. The largest absolute Gasteiger partial charge is 0.343 e. The van der Waals surface area contributed by atoms with E-state index < -0.39 is 0 Å². The Morgan fingerprint density at radius 2 is 2.33 bits per heavy atom. The van der Waals surface area contributed by atoms with E-state index in [9.17, 15) is 0 Å². The Labute approximate surface area is 109 Å². The van der Waals surface area contributed by atoms with Crippen molar-refractivity contribution in [3.8, 4) is 0 Å². The van der Waals surface area contributed by atoms with Crippen LogP contribution in [0.5, 0.6) is 0 Å². The normalized spacial score (nSPS) is 29.6. The second kappa shape index (κ2) is 6.29. The van der Waals surface area contributed by atoms with Crippen LogP contribution in [0.25, 0.3) is 0 Å². The molecular formula is C13H24N4O. The number of piperidine rings is 1. The van der Waals surface area contributed by atoms with Crippen LogP contribution in [0.2, 0.25) is 0 Å². The van der Waals surface area contributed by atoms with Gasteiger partial charge in [-0.1, -0.05) is 19.0 Å². The highest BCUT2D eigenvalue weighted by atomic mass is 16.5. The highest BCUT2D eigenvalue weighted by Crippen LogP contribution is 2.24. The maximum atomic E-state index is 4.79. The van der Waals surface area contributed by atoms with Gasteiger partial charge in [0.1, 0.15) is 0 Å². The second-order valence-corrected chi connectivity index (χ2v) is 5.27. The van der Waals surface area contributed by atoms with Crippen LogP contribution in [0, 0.1) is 5.92 Å². The monoisotopic (exact) mass is 252 g/mol. The van der Waals surface area contributed by atoms with Gasteiger partial charge < -0.3 is 9.84 Å². The number of likely N-dealkylation sites (tertiary alicyclic amines) is 1. The second-order valence-electron chi connectivity index (χ2n) is 5.27. The number of rotatable bonds is 5. The first-order chi connectivity index (χ1) is 8.72. The molecule has 1 fully saturated rings. The van der Waals surface area contributed by atoms with Gasteiger partial charge in [-0.25, -0.2) is 0 Å². The van der Waals surface area contributed by atoms with E-state index in [1.807, 2.05) is 0 Å². The first-order valence-electron chi connectivity index (χ1n) is 6.95. The zero-order valence-corrected chi connectivity index (χ0v) is 11.6. The lowest BCUT2D eigenvalue weighted by atomic mass is 9.87. The molecule has 2 rings (SSSR count). The molecule has 3 atom stereocenters. The molecule has 102 valence electrons. The summed E-state index contributed by atoms with van der Waals surface area (Å²) in [4.78, 5) is 6.55. The Balaban J connectivity index is 1.89. The molecule has 0 amide bonds. The Kier molecular flexibility index (Phi) is 4.72. The zero-order valence-electron chi connectivity index (χ0n) is 11.6. The smallest absolute Gasteiger partial charge is 0.213 e. The molecule has 0 saturated carbocycles. The van der Waals surface area contributed by atoms with Crippen molar-refractivity contribution in [3.05, 3.63) is 12.2 Å². The van der Waals surface area contributed by atoms with Gasteiger partial charge in [0.25, 0.3) is 0 Å². The first kappa shape index (κ1) is 13.5. The molecule has 18 heavy (non-hydrogen) atoms. The van der Waals surface area contributed by atoms with Crippen LogP contribution in [0.4, 0.5) is 0 Å². The number of hydrogen-bond donors (Lipinski definition) is 1. The van der Waals surface area contributed by atoms with Crippen LogP contribution in [0.15, 0.2) is 10.9 Å². The Morgan fingerprint density at radius 3 is 3.00 bits per heavy atom. The van der Waals surface area contributed by atoms with Gasteiger partial charge >= 0.3 is 0 Å². The zero-order chi connectivity index (χ0) is 13.0. The maximum absolute atomic E-state index is 4.79. The molecule has 0 radical (unpaired) electrons. The third kappa shape index (κ3) is 3.09. The summed E-state index contributed by atoms with van der Waals surface area (Å²) in [7, 11) is 0. The van der Waals surface area contributed by atoms with Crippen LogP contribution in [-0.2, 0) is 6.54 Å². The van der Waals surface area contributed by atoms with E-state index in [4.69, 9.17) is 4.52 Å². The lowest BCUT2D eigenvalue weighted by molar-refractivity contribution is 0.0755. The molecule has 0 aliphatic carbocycles. The van der Waals surface area contributed by atoms with Gasteiger partial charge in [-0.2, -0.15) is 4.98 Å². The summed E-state index contributed by atoms with van der Waals surface area (Å²) in [6, 6.07) is 1.19. The van der Waals surface area contributed by atoms with E-state index in [2.05, 4.69) is 41.1 Å². The van der Waals surface area contributed by atoms with Crippen LogP contribution >= 0.6 is 0 Å². The number of aromatic nitrogens is 2. The Hall–Kier alpha value is -0.940. The van der Waals surface area contributed by atoms with Crippen molar-refractivity contribution >= 4 is 0 Å². The van der Waals surface area contributed by atoms with Crippen molar-refractivity contribution in [3.63, 3.8) is 0 Å². The van der Waals surface area contributed by atoms with Crippen molar-refractivity contribution < 1.29 is 4.52 Å². The molecule has 1 aliphatic heterocycles. The summed E-state index contributed by atoms with van der Waals surface area (Å²) in [5.41, 5.74) is 0. The minimum atomic E-state index is 0.548. The Morgan fingerprint density at radius 1 is 1.50 bits per heavy atom. The summed E-state index contributed by atoms with van der Waals surface area (Å²) in [6.45, 7) is 9.86. The summed E-state index contributed by atoms with van der Waals surface area (Å²) in [5.74, 6) is 1.44. The van der Waals surface area contributed by atoms with Crippen LogP contribution in [0.3, 0.4) is 0 Å². The fourth-order valence-electron chi connectivity index (χ4n) is 2.72. The van der Waals surface area contributed by atoms with Gasteiger partial charge in [-0.15, -0.1) is 0 Å². The van der Waals surface area contributed by atoms with E-state index in [0.29, 0.717) is 18.0 Å². The standard InChI is InChI=1S/C13H24N4O/c1-4-6-14-12-5-7-17(11(3)10(12)2)8-13-15-9-18-16-13/h9-12,14H,4-8H2,1-3H3. The fraction of sp³-hybridized carbons (Fsp3) is 0.846. The summed E-state index contributed by atoms with van der Waals surface area (Å²) in [6.07, 6.45) is 3.80. The molecule has 5 heteroatoms. The first-order valence-corrected chi connectivity index (χ1v) is 6.95. The third-order valence-electron chi connectivity index (χ3n) is 4.11. The van der Waals surface area contributed by atoms with E-state index in [1.165, 1.54) is 19.2 Å². The summed E-state index contributed by atoms with van der Waals surface area (Å²) < 4.78 is 4.79. The summed E-state index contributed by atoms with van der Waals surface area (Å²) >= 11 is 0. The fourth-order valence-corrected chi connectivity index (χ4v) is 2.72. The molecule has 0 aromatic carbocycles. The molecule has 1 aromatic rings. The molecule has 2 heterocycles. The molecule has 1 N–H and O–H groups in total. The molecule has 1 aliphatic rings. The van der Waals surface area contributed by atoms with E-state index in [1.54, 1.807) is 0 Å². The molecule has 1 aromatic heterocycles. The number of hydrogen-bond acceptors (Lipinski definition) is 5. The molecule has 3 unspecified atom stereocenters. The number of nitrogens with one attached hydrogen (secondary N) is 1. The van der Waals surface area contributed by atoms with Gasteiger partial charge in [0.05, 0.1) is 6.54 Å². The van der Waals surface area contributed by atoms with Crippen molar-refractivity contribution in [1.82, 2.24) is 20.4 Å². The van der Waals surface area contributed by atoms with E-state index in [0.717, 1.165) is 25.5 Å². The quantitative estimate of drug-likeness (QED) is 0.864. The minimum Gasteiger partial charge on any atom is -0.343 e. The van der Waals surface area contributed by atoms with E-state index in [-0.39, 0.29) is 0 Å². The van der Waals surface area contributed by atoms with Crippen LogP contribution < -0.4 is 5.32 Å². The van der Waals surface area contributed by atoms with Crippen molar-refractivity contribution in [2.45, 2.75) is 52.2 Å². The SMILES string of the molecule is CCCNC1CCN(Cc2ncon2)C(C)C1C. The van der Waals surface area contributed by atoms with E-state index >= 15 is 0 Å². The molecule has 5 nitrogen and oxygen atoms in total.